The van der Waals surface area contributed by atoms with Crippen molar-refractivity contribution in [2.75, 3.05) is 18.6 Å². The first kappa shape index (κ1) is 15.6. The molecule has 0 saturated heterocycles. The zero-order valence-electron chi connectivity index (χ0n) is 13.9. The molecule has 8 nitrogen and oxygen atoms in total. The van der Waals surface area contributed by atoms with Gasteiger partial charge >= 0.3 is 0 Å². The maximum Gasteiger partial charge on any atom is 0.291 e. The van der Waals surface area contributed by atoms with Crippen LogP contribution in [0.1, 0.15) is 29.3 Å². The van der Waals surface area contributed by atoms with Crippen LogP contribution in [0.25, 0.3) is 0 Å². The van der Waals surface area contributed by atoms with E-state index < -0.39 is 11.9 Å². The average Bonchev–Trinajstić information content (AvgIpc) is 3.04. The Balaban J connectivity index is 1.52. The van der Waals surface area contributed by atoms with Crippen molar-refractivity contribution in [1.29, 1.82) is 0 Å². The molecule has 0 unspecified atom stereocenters. The number of carbonyl (C=O) groups excluding carboxylic acids is 2. The van der Waals surface area contributed by atoms with E-state index in [-0.39, 0.29) is 18.3 Å². The minimum Gasteiger partial charge on any atom is -0.489 e. The maximum atomic E-state index is 12.7. The molecule has 0 radical (unpaired) electrons. The molecule has 2 amide bonds. The van der Waals surface area contributed by atoms with Crippen LogP contribution in [0.15, 0.2) is 24.3 Å². The standard InChI is InChI=1S/C17H19N5O3/c1-21-12-6-2-3-7-13(12)25-10-11(17(21)24)18-16(23)15-19-14-8-4-5-9-22(14)20-15/h2-3,6-7,11H,4-5,8-10H2,1H3,(H,18,23)/t11-/m0/s1. The van der Waals surface area contributed by atoms with Crippen LogP contribution < -0.4 is 15.0 Å². The number of hydrogen-bond donors (Lipinski definition) is 1. The van der Waals surface area contributed by atoms with Crippen molar-refractivity contribution >= 4 is 17.5 Å². The Bertz CT molecular complexity index is 808. The molecule has 0 fully saturated rings. The van der Waals surface area contributed by atoms with Crippen molar-refractivity contribution in [3.05, 3.63) is 35.9 Å². The SMILES string of the molecule is CN1C(=O)[C@@H](NC(=O)c2nc3n(n2)CCCC3)COc2ccccc21. The molecule has 0 bridgehead atoms. The summed E-state index contributed by atoms with van der Waals surface area (Å²) >= 11 is 0. The van der Waals surface area contributed by atoms with Crippen LogP contribution in [0.2, 0.25) is 0 Å². The van der Waals surface area contributed by atoms with E-state index in [1.165, 1.54) is 4.90 Å². The zero-order chi connectivity index (χ0) is 17.4. The first-order chi connectivity index (χ1) is 12.1. The fourth-order valence-corrected chi connectivity index (χ4v) is 3.16. The molecule has 0 aliphatic carbocycles. The fourth-order valence-electron chi connectivity index (χ4n) is 3.16. The number of aryl methyl sites for hydroxylation is 2. The third kappa shape index (κ3) is 2.84. The van der Waals surface area contributed by atoms with Gasteiger partial charge in [-0.3, -0.25) is 9.59 Å². The normalized spacial score (nSPS) is 19.5. The summed E-state index contributed by atoms with van der Waals surface area (Å²) in [6.45, 7) is 0.846. The third-order valence-electron chi connectivity index (χ3n) is 4.54. The number of benzene rings is 1. The number of fused-ring (bicyclic) bond motifs is 2. The van der Waals surface area contributed by atoms with Crippen LogP contribution in [-0.2, 0) is 17.8 Å². The Labute approximate surface area is 144 Å². The summed E-state index contributed by atoms with van der Waals surface area (Å²) in [7, 11) is 1.67. The van der Waals surface area contributed by atoms with E-state index in [0.29, 0.717) is 11.4 Å². The highest BCUT2D eigenvalue weighted by Crippen LogP contribution is 2.29. The van der Waals surface area contributed by atoms with Crippen LogP contribution in [-0.4, -0.2) is 46.3 Å². The number of ether oxygens (including phenoxy) is 1. The molecule has 2 aliphatic rings. The van der Waals surface area contributed by atoms with Crippen molar-refractivity contribution < 1.29 is 14.3 Å². The average molecular weight is 341 g/mol. The molecule has 2 aliphatic heterocycles. The first-order valence-corrected chi connectivity index (χ1v) is 8.37. The quantitative estimate of drug-likeness (QED) is 0.871. The number of likely N-dealkylation sites (N-methyl/N-ethyl adjacent to an activating group) is 1. The number of anilines is 1. The molecule has 25 heavy (non-hydrogen) atoms. The second-order valence-corrected chi connectivity index (χ2v) is 6.23. The Morgan fingerprint density at radius 3 is 3.00 bits per heavy atom. The van der Waals surface area contributed by atoms with Gasteiger partial charge < -0.3 is 15.0 Å². The molecule has 1 N–H and O–H groups in total. The van der Waals surface area contributed by atoms with Crippen molar-refractivity contribution in [2.45, 2.75) is 31.8 Å². The molecule has 1 aromatic heterocycles. The van der Waals surface area contributed by atoms with E-state index in [1.807, 2.05) is 18.2 Å². The Hall–Kier alpha value is -2.90. The summed E-state index contributed by atoms with van der Waals surface area (Å²) in [5.41, 5.74) is 0.680. The number of para-hydroxylation sites is 2. The fraction of sp³-hybridized carbons (Fsp3) is 0.412. The van der Waals surface area contributed by atoms with Crippen LogP contribution in [0.5, 0.6) is 5.75 Å². The zero-order valence-corrected chi connectivity index (χ0v) is 13.9. The summed E-state index contributed by atoms with van der Waals surface area (Å²) in [6.07, 6.45) is 2.91. The molecule has 1 aromatic carbocycles. The van der Waals surface area contributed by atoms with E-state index in [1.54, 1.807) is 17.8 Å². The molecule has 3 heterocycles. The van der Waals surface area contributed by atoms with E-state index in [9.17, 15) is 9.59 Å². The van der Waals surface area contributed by atoms with Gasteiger partial charge in [-0.2, -0.15) is 0 Å². The predicted molar refractivity (Wildman–Crippen MR) is 89.6 cm³/mol. The predicted octanol–water partition coefficient (Wildman–Crippen LogP) is 0.768. The van der Waals surface area contributed by atoms with E-state index in [2.05, 4.69) is 15.4 Å². The highest BCUT2D eigenvalue weighted by Gasteiger charge is 2.31. The molecular formula is C17H19N5O3. The number of nitrogens with zero attached hydrogens (tertiary/aromatic N) is 4. The van der Waals surface area contributed by atoms with Gasteiger partial charge in [0.25, 0.3) is 11.8 Å². The molecule has 0 saturated carbocycles. The minimum absolute atomic E-state index is 0.0689. The van der Waals surface area contributed by atoms with Gasteiger partial charge in [0.2, 0.25) is 5.82 Å². The van der Waals surface area contributed by atoms with E-state index >= 15 is 0 Å². The summed E-state index contributed by atoms with van der Waals surface area (Å²) in [5, 5.41) is 6.96. The molecule has 4 rings (SSSR count). The van der Waals surface area contributed by atoms with Gasteiger partial charge in [-0.25, -0.2) is 9.67 Å². The number of nitrogens with one attached hydrogen (secondary N) is 1. The van der Waals surface area contributed by atoms with Crippen molar-refractivity contribution in [3.8, 4) is 5.75 Å². The van der Waals surface area contributed by atoms with Gasteiger partial charge in [0, 0.05) is 20.0 Å². The first-order valence-electron chi connectivity index (χ1n) is 8.37. The molecule has 130 valence electrons. The van der Waals surface area contributed by atoms with Crippen molar-refractivity contribution in [2.24, 2.45) is 0 Å². The lowest BCUT2D eigenvalue weighted by Gasteiger charge is -2.19. The molecule has 1 atom stereocenters. The molecular weight excluding hydrogens is 322 g/mol. The van der Waals surface area contributed by atoms with Crippen molar-refractivity contribution in [3.63, 3.8) is 0 Å². The van der Waals surface area contributed by atoms with Crippen LogP contribution in [0.4, 0.5) is 5.69 Å². The number of carbonyl (C=O) groups is 2. The highest BCUT2D eigenvalue weighted by atomic mass is 16.5. The number of hydrogen-bond acceptors (Lipinski definition) is 5. The number of rotatable bonds is 2. The number of aromatic nitrogens is 3. The lowest BCUT2D eigenvalue weighted by molar-refractivity contribution is -0.120. The lowest BCUT2D eigenvalue weighted by atomic mass is 10.2. The number of amides is 2. The van der Waals surface area contributed by atoms with Gasteiger partial charge in [0.1, 0.15) is 24.2 Å². The van der Waals surface area contributed by atoms with Gasteiger partial charge in [0.15, 0.2) is 0 Å². The van der Waals surface area contributed by atoms with E-state index in [4.69, 9.17) is 4.74 Å². The van der Waals surface area contributed by atoms with Crippen molar-refractivity contribution in [1.82, 2.24) is 20.1 Å². The third-order valence-corrected chi connectivity index (χ3v) is 4.54. The summed E-state index contributed by atoms with van der Waals surface area (Å²) in [4.78, 5) is 30.9. The van der Waals surface area contributed by atoms with Crippen LogP contribution in [0, 0.1) is 0 Å². The smallest absolute Gasteiger partial charge is 0.291 e. The molecule has 0 spiro atoms. The van der Waals surface area contributed by atoms with Gasteiger partial charge in [-0.15, -0.1) is 5.10 Å². The molecule has 2 aromatic rings. The Morgan fingerprint density at radius 1 is 1.32 bits per heavy atom. The monoisotopic (exact) mass is 341 g/mol. The minimum atomic E-state index is -0.787. The summed E-state index contributed by atoms with van der Waals surface area (Å²) in [5.74, 6) is 0.856. The second kappa shape index (κ2) is 6.19. The maximum absolute atomic E-state index is 12.7. The van der Waals surface area contributed by atoms with Gasteiger partial charge in [-0.1, -0.05) is 12.1 Å². The van der Waals surface area contributed by atoms with Crippen LogP contribution >= 0.6 is 0 Å². The Kier molecular flexibility index (Phi) is 3.87. The highest BCUT2D eigenvalue weighted by molar-refractivity contribution is 6.02. The lowest BCUT2D eigenvalue weighted by Crippen LogP contribution is -2.49. The summed E-state index contributed by atoms with van der Waals surface area (Å²) < 4.78 is 7.47. The molecule has 8 heteroatoms. The van der Waals surface area contributed by atoms with Gasteiger partial charge in [-0.05, 0) is 25.0 Å². The van der Waals surface area contributed by atoms with Gasteiger partial charge in [0.05, 0.1) is 5.69 Å². The second-order valence-electron chi connectivity index (χ2n) is 6.23. The largest absolute Gasteiger partial charge is 0.489 e. The topological polar surface area (TPSA) is 89.4 Å². The Morgan fingerprint density at radius 2 is 2.16 bits per heavy atom. The van der Waals surface area contributed by atoms with Crippen LogP contribution in [0.3, 0.4) is 0 Å². The van der Waals surface area contributed by atoms with E-state index in [0.717, 1.165) is 31.6 Å². The summed E-state index contributed by atoms with van der Waals surface area (Å²) in [6, 6.07) is 6.50.